The summed E-state index contributed by atoms with van der Waals surface area (Å²) in [6.45, 7) is 9.15. The fourth-order valence-electron chi connectivity index (χ4n) is 4.76. The number of halogens is 1. The van der Waals surface area contributed by atoms with E-state index in [0.29, 0.717) is 17.3 Å². The van der Waals surface area contributed by atoms with Gasteiger partial charge in [-0.05, 0) is 71.2 Å². The second-order valence-corrected chi connectivity index (χ2v) is 10.1. The van der Waals surface area contributed by atoms with Gasteiger partial charge in [-0.3, -0.25) is 0 Å². The molecule has 0 amide bonds. The quantitative estimate of drug-likeness (QED) is 0.485. The molecular weight excluding hydrogens is 455 g/mol. The molecule has 3 heterocycles. The van der Waals surface area contributed by atoms with Crippen LogP contribution in [0.5, 0.6) is 0 Å². The maximum Gasteiger partial charge on any atom is 0.138 e. The van der Waals surface area contributed by atoms with Gasteiger partial charge in [0.2, 0.25) is 0 Å². The van der Waals surface area contributed by atoms with Crippen LogP contribution in [0.15, 0.2) is 30.7 Å². The van der Waals surface area contributed by atoms with Crippen LogP contribution < -0.4 is 10.6 Å². The van der Waals surface area contributed by atoms with Gasteiger partial charge in [-0.1, -0.05) is 6.92 Å². The first-order valence-corrected chi connectivity index (χ1v) is 12.8. The number of aryl methyl sites for hydroxylation is 1. The number of nitrogens with two attached hydrogens (primary N) is 1. The molecule has 1 saturated heterocycles. The number of likely N-dealkylation sites (N-methyl/N-ethyl adjacent to an activating group) is 1. The Morgan fingerprint density at radius 2 is 1.89 bits per heavy atom. The predicted octanol–water partition coefficient (Wildman–Crippen LogP) is 3.77. The summed E-state index contributed by atoms with van der Waals surface area (Å²) in [5.41, 5.74) is 9.76. The summed E-state index contributed by atoms with van der Waals surface area (Å²) in [7, 11) is 6.25. The van der Waals surface area contributed by atoms with Crippen molar-refractivity contribution in [1.82, 2.24) is 29.3 Å². The highest BCUT2D eigenvalue weighted by atomic mass is 19.1. The average Bonchev–Trinajstić information content (AvgIpc) is 3.30. The monoisotopic (exact) mass is 494 g/mol. The molecule has 0 bridgehead atoms. The van der Waals surface area contributed by atoms with Crippen molar-refractivity contribution in [2.24, 2.45) is 0 Å². The van der Waals surface area contributed by atoms with Crippen molar-refractivity contribution < 1.29 is 4.39 Å². The van der Waals surface area contributed by atoms with E-state index in [1.54, 1.807) is 13.3 Å². The molecule has 1 fully saturated rings. The van der Waals surface area contributed by atoms with Gasteiger partial charge in [0.25, 0.3) is 0 Å². The van der Waals surface area contributed by atoms with E-state index in [9.17, 15) is 4.39 Å². The molecule has 2 N–H and O–H groups in total. The van der Waals surface area contributed by atoms with E-state index in [-0.39, 0.29) is 5.82 Å². The highest BCUT2D eigenvalue weighted by Gasteiger charge is 2.28. The first kappa shape index (κ1) is 26.0. The van der Waals surface area contributed by atoms with Crippen molar-refractivity contribution in [2.45, 2.75) is 45.7 Å². The minimum Gasteiger partial charge on any atom is -0.383 e. The maximum atomic E-state index is 13.9. The fourth-order valence-corrected chi connectivity index (χ4v) is 4.76. The molecule has 9 heteroatoms. The lowest BCUT2D eigenvalue weighted by Crippen LogP contribution is -2.36. The summed E-state index contributed by atoms with van der Waals surface area (Å²) in [5.74, 6) is 2.77. The Morgan fingerprint density at radius 1 is 1.14 bits per heavy atom. The third-order valence-electron chi connectivity index (χ3n) is 7.13. The van der Waals surface area contributed by atoms with Crippen LogP contribution in [0.2, 0.25) is 0 Å². The first-order chi connectivity index (χ1) is 17.3. The van der Waals surface area contributed by atoms with Crippen LogP contribution in [-0.4, -0.2) is 76.6 Å². The van der Waals surface area contributed by atoms with Crippen molar-refractivity contribution in [2.75, 3.05) is 58.0 Å². The average molecular weight is 495 g/mol. The Morgan fingerprint density at radius 3 is 2.56 bits per heavy atom. The van der Waals surface area contributed by atoms with Gasteiger partial charge in [-0.2, -0.15) is 0 Å². The minimum absolute atomic E-state index is 0.187. The first-order valence-electron chi connectivity index (χ1n) is 12.8. The molecule has 0 atom stereocenters. The van der Waals surface area contributed by atoms with Gasteiger partial charge in [-0.15, -0.1) is 0 Å². The number of hydrogen-bond donors (Lipinski definition) is 1. The molecule has 36 heavy (non-hydrogen) atoms. The largest absolute Gasteiger partial charge is 0.383 e. The number of anilines is 2. The topological polar surface area (TPSA) is 79.3 Å². The van der Waals surface area contributed by atoms with Crippen molar-refractivity contribution in [3.05, 3.63) is 53.5 Å². The summed E-state index contributed by atoms with van der Waals surface area (Å²) in [4.78, 5) is 20.7. The third kappa shape index (κ3) is 5.84. The zero-order chi connectivity index (χ0) is 25.8. The van der Waals surface area contributed by atoms with Crippen LogP contribution in [0.3, 0.4) is 0 Å². The van der Waals surface area contributed by atoms with Crippen LogP contribution in [0.25, 0.3) is 11.3 Å². The Labute approximate surface area is 214 Å². The maximum absolute atomic E-state index is 13.9. The highest BCUT2D eigenvalue weighted by Crippen LogP contribution is 2.33. The van der Waals surface area contributed by atoms with Crippen molar-refractivity contribution in [3.63, 3.8) is 0 Å². The second-order valence-electron chi connectivity index (χ2n) is 10.1. The van der Waals surface area contributed by atoms with Crippen LogP contribution in [0, 0.1) is 12.7 Å². The normalized spacial score (nSPS) is 14.8. The summed E-state index contributed by atoms with van der Waals surface area (Å²) in [5, 5.41) is 0. The van der Waals surface area contributed by atoms with E-state index >= 15 is 0 Å². The Kier molecular flexibility index (Phi) is 8.21. The predicted molar refractivity (Wildman–Crippen MR) is 144 cm³/mol. The lowest BCUT2D eigenvalue weighted by Gasteiger charge is -2.34. The van der Waals surface area contributed by atoms with Crippen molar-refractivity contribution >= 4 is 11.6 Å². The molecule has 0 spiro atoms. The smallest absolute Gasteiger partial charge is 0.138 e. The number of nitrogen functional groups attached to an aromatic ring is 1. The lowest BCUT2D eigenvalue weighted by molar-refractivity contribution is 0.345. The Balaban J connectivity index is 1.56. The highest BCUT2D eigenvalue weighted by molar-refractivity contribution is 5.60. The molecule has 0 aliphatic carbocycles. The van der Waals surface area contributed by atoms with Gasteiger partial charge in [0.1, 0.15) is 29.6 Å². The van der Waals surface area contributed by atoms with Gasteiger partial charge < -0.3 is 25.0 Å². The zero-order valence-corrected chi connectivity index (χ0v) is 22.2. The molecule has 4 rings (SSSR count). The van der Waals surface area contributed by atoms with Gasteiger partial charge in [-0.25, -0.2) is 19.3 Å². The molecule has 194 valence electrons. The van der Waals surface area contributed by atoms with E-state index in [0.717, 1.165) is 80.6 Å². The number of benzene rings is 1. The number of rotatable bonds is 9. The van der Waals surface area contributed by atoms with E-state index < -0.39 is 0 Å². The zero-order valence-electron chi connectivity index (χ0n) is 22.2. The minimum atomic E-state index is -0.187. The Bertz CT molecular complexity index is 1170. The van der Waals surface area contributed by atoms with E-state index in [1.165, 1.54) is 6.07 Å². The van der Waals surface area contributed by atoms with E-state index in [1.807, 2.05) is 12.1 Å². The van der Waals surface area contributed by atoms with Gasteiger partial charge >= 0.3 is 0 Å². The lowest BCUT2D eigenvalue weighted by atomic mass is 9.95. The molecule has 0 saturated carbocycles. The third-order valence-corrected chi connectivity index (χ3v) is 7.13. The van der Waals surface area contributed by atoms with Gasteiger partial charge in [0.05, 0.1) is 11.3 Å². The SMILES string of the molecule is CCN(C)Cc1c(N)ncnc1N1CCC(c2nc(-c3ccc(F)c(C)c3)cn2CCN(C)C)CC1. The second kappa shape index (κ2) is 11.3. The van der Waals surface area contributed by atoms with Crippen LogP contribution in [0.4, 0.5) is 16.0 Å². The molecule has 1 aliphatic rings. The summed E-state index contributed by atoms with van der Waals surface area (Å²) >= 11 is 0. The van der Waals surface area contributed by atoms with Gasteiger partial charge in [0.15, 0.2) is 0 Å². The van der Waals surface area contributed by atoms with Crippen molar-refractivity contribution in [3.8, 4) is 11.3 Å². The molecular formula is C27H39FN8. The van der Waals surface area contributed by atoms with E-state index in [2.05, 4.69) is 63.5 Å². The van der Waals surface area contributed by atoms with Crippen LogP contribution >= 0.6 is 0 Å². The molecule has 8 nitrogen and oxygen atoms in total. The van der Waals surface area contributed by atoms with Crippen molar-refractivity contribution in [1.29, 1.82) is 0 Å². The summed E-state index contributed by atoms with van der Waals surface area (Å²) in [6, 6.07) is 5.24. The van der Waals surface area contributed by atoms with Gasteiger partial charge in [0, 0.05) is 50.4 Å². The molecule has 1 aliphatic heterocycles. The van der Waals surface area contributed by atoms with Crippen LogP contribution in [0.1, 0.15) is 42.6 Å². The number of piperidine rings is 1. The number of imidazole rings is 1. The standard InChI is InChI=1S/C27H39FN8/c1-6-34(5)16-22-25(29)30-18-31-27(22)35-11-9-20(10-12-35)26-32-24(17-36(26)14-13-33(3)4)21-7-8-23(28)19(2)15-21/h7-8,15,17-18,20H,6,9-14,16H2,1-5H3,(H2,29,30,31). The molecule has 0 unspecified atom stereocenters. The number of aromatic nitrogens is 4. The van der Waals surface area contributed by atoms with Crippen LogP contribution in [-0.2, 0) is 13.1 Å². The summed E-state index contributed by atoms with van der Waals surface area (Å²) in [6.07, 6.45) is 5.65. The number of nitrogens with zero attached hydrogens (tertiary/aromatic N) is 7. The molecule has 2 aromatic heterocycles. The Hall–Kier alpha value is -3.04. The fraction of sp³-hybridized carbons (Fsp3) is 0.519. The molecule has 3 aromatic rings. The van der Waals surface area contributed by atoms with E-state index in [4.69, 9.17) is 10.7 Å². The number of hydrogen-bond acceptors (Lipinski definition) is 7. The molecule has 1 aromatic carbocycles. The molecule has 0 radical (unpaired) electrons. The summed E-state index contributed by atoms with van der Waals surface area (Å²) < 4.78 is 16.2.